The van der Waals surface area contributed by atoms with Gasteiger partial charge in [-0.05, 0) is 18.8 Å². The second-order valence-corrected chi connectivity index (χ2v) is 5.03. The van der Waals surface area contributed by atoms with Crippen molar-refractivity contribution < 1.29 is 9.90 Å². The molecular formula is C13H19N3O2S. The minimum Gasteiger partial charge on any atom is -0.478 e. The minimum absolute atomic E-state index is 0.399. The zero-order chi connectivity index (χ0) is 14.3. The Bertz CT molecular complexity index is 434. The van der Waals surface area contributed by atoms with Crippen LogP contribution in [0.2, 0.25) is 0 Å². The highest BCUT2D eigenvalue weighted by Gasteiger charge is 2.14. The van der Waals surface area contributed by atoms with Crippen molar-refractivity contribution in [2.75, 3.05) is 24.0 Å². The van der Waals surface area contributed by atoms with E-state index in [0.29, 0.717) is 17.6 Å². The van der Waals surface area contributed by atoms with Crippen LogP contribution in [-0.2, 0) is 4.79 Å². The van der Waals surface area contributed by atoms with Crippen molar-refractivity contribution in [2.24, 2.45) is 0 Å². The highest BCUT2D eigenvalue weighted by Crippen LogP contribution is 2.14. The van der Waals surface area contributed by atoms with Crippen LogP contribution in [0.1, 0.15) is 18.9 Å². The van der Waals surface area contributed by atoms with Crippen molar-refractivity contribution in [2.45, 2.75) is 19.4 Å². The first kappa shape index (κ1) is 15.5. The molecule has 0 radical (unpaired) electrons. The molecule has 0 fully saturated rings. The highest BCUT2D eigenvalue weighted by atomic mass is 32.2. The van der Waals surface area contributed by atoms with Crippen LogP contribution in [-0.4, -0.2) is 46.1 Å². The number of rotatable bonds is 7. The number of hydrogen-bond donors (Lipinski definition) is 1. The summed E-state index contributed by atoms with van der Waals surface area (Å²) in [5, 5.41) is 8.54. The molecule has 1 aromatic heterocycles. The predicted octanol–water partition coefficient (Wildman–Crippen LogP) is 2.15. The van der Waals surface area contributed by atoms with Gasteiger partial charge < -0.3 is 10.0 Å². The number of nitrogens with zero attached hydrogens (tertiary/aromatic N) is 3. The van der Waals surface area contributed by atoms with Crippen LogP contribution in [0, 0.1) is 0 Å². The summed E-state index contributed by atoms with van der Waals surface area (Å²) in [5.41, 5.74) is 0.678. The fourth-order valence-electron chi connectivity index (χ4n) is 1.63. The molecule has 19 heavy (non-hydrogen) atoms. The zero-order valence-electron chi connectivity index (χ0n) is 11.4. The maximum atomic E-state index is 10.4. The predicted molar refractivity (Wildman–Crippen MR) is 79.6 cm³/mol. The Labute approximate surface area is 117 Å². The standard InChI is InChI=1S/C13H19N3O2S/c1-4-11(9-19-3)16(2)13-14-7-10(8-15-13)5-6-12(17)18/h5-8,11H,4,9H2,1-3H3,(H,17,18)/b6-5+. The summed E-state index contributed by atoms with van der Waals surface area (Å²) in [6.45, 7) is 2.14. The Morgan fingerprint density at radius 1 is 1.53 bits per heavy atom. The summed E-state index contributed by atoms with van der Waals surface area (Å²) in [5.74, 6) is 0.706. The number of aliphatic carboxylic acids is 1. The first-order valence-corrected chi connectivity index (χ1v) is 7.42. The molecule has 0 saturated heterocycles. The number of carboxylic acid groups (broad SMARTS) is 1. The van der Waals surface area contributed by atoms with Crippen LogP contribution >= 0.6 is 11.8 Å². The van der Waals surface area contributed by atoms with Crippen molar-refractivity contribution in [1.82, 2.24) is 9.97 Å². The molecule has 0 amide bonds. The van der Waals surface area contributed by atoms with Crippen molar-refractivity contribution >= 4 is 29.8 Å². The van der Waals surface area contributed by atoms with Gasteiger partial charge in [-0.1, -0.05) is 6.92 Å². The molecule has 1 rings (SSSR count). The van der Waals surface area contributed by atoms with Crippen molar-refractivity contribution in [3.63, 3.8) is 0 Å². The van der Waals surface area contributed by atoms with E-state index in [2.05, 4.69) is 28.0 Å². The van der Waals surface area contributed by atoms with E-state index in [1.54, 1.807) is 24.2 Å². The van der Waals surface area contributed by atoms with E-state index in [-0.39, 0.29) is 0 Å². The maximum absolute atomic E-state index is 10.4. The van der Waals surface area contributed by atoms with Crippen LogP contribution in [0.4, 0.5) is 5.95 Å². The fraction of sp³-hybridized carbons (Fsp3) is 0.462. The molecule has 0 spiro atoms. The minimum atomic E-state index is -0.979. The van der Waals surface area contributed by atoms with Crippen LogP contribution in [0.5, 0.6) is 0 Å². The summed E-state index contributed by atoms with van der Waals surface area (Å²) in [4.78, 5) is 21.0. The van der Waals surface area contributed by atoms with Gasteiger partial charge in [0, 0.05) is 42.9 Å². The molecule has 0 aliphatic heterocycles. The second-order valence-electron chi connectivity index (χ2n) is 4.12. The van der Waals surface area contributed by atoms with Gasteiger partial charge in [-0.2, -0.15) is 11.8 Å². The normalized spacial score (nSPS) is 12.6. The zero-order valence-corrected chi connectivity index (χ0v) is 12.2. The summed E-state index contributed by atoms with van der Waals surface area (Å²) in [7, 11) is 1.98. The molecule has 1 N–H and O–H groups in total. The molecule has 0 bridgehead atoms. The van der Waals surface area contributed by atoms with Gasteiger partial charge >= 0.3 is 5.97 Å². The molecule has 1 atom stereocenters. The second kappa shape index (κ2) is 7.78. The average Bonchev–Trinajstić information content (AvgIpc) is 2.42. The molecule has 1 unspecified atom stereocenters. The molecule has 1 heterocycles. The molecule has 0 aromatic carbocycles. The summed E-state index contributed by atoms with van der Waals surface area (Å²) < 4.78 is 0. The van der Waals surface area contributed by atoms with Crippen molar-refractivity contribution in [1.29, 1.82) is 0 Å². The lowest BCUT2D eigenvalue weighted by Crippen LogP contribution is -2.34. The van der Waals surface area contributed by atoms with E-state index in [1.807, 2.05) is 7.05 Å². The Kier molecular flexibility index (Phi) is 6.35. The van der Waals surface area contributed by atoms with Crippen LogP contribution in [0.25, 0.3) is 6.08 Å². The molecule has 104 valence electrons. The van der Waals surface area contributed by atoms with E-state index >= 15 is 0 Å². The Morgan fingerprint density at radius 2 is 2.16 bits per heavy atom. The first-order valence-electron chi connectivity index (χ1n) is 6.03. The van der Waals surface area contributed by atoms with Gasteiger partial charge in [0.25, 0.3) is 0 Å². The van der Waals surface area contributed by atoms with Gasteiger partial charge in [-0.3, -0.25) is 0 Å². The number of aromatic nitrogens is 2. The third-order valence-corrected chi connectivity index (χ3v) is 3.49. The third-order valence-electron chi connectivity index (χ3n) is 2.77. The molecule has 0 aliphatic carbocycles. The smallest absolute Gasteiger partial charge is 0.328 e. The first-order chi connectivity index (χ1) is 9.08. The van der Waals surface area contributed by atoms with Crippen molar-refractivity contribution in [3.05, 3.63) is 24.0 Å². The van der Waals surface area contributed by atoms with Gasteiger partial charge in [0.05, 0.1) is 0 Å². The van der Waals surface area contributed by atoms with Crippen molar-refractivity contribution in [3.8, 4) is 0 Å². The molecule has 0 aliphatic rings. The van der Waals surface area contributed by atoms with Gasteiger partial charge in [-0.15, -0.1) is 0 Å². The van der Waals surface area contributed by atoms with Gasteiger partial charge in [-0.25, -0.2) is 14.8 Å². The number of anilines is 1. The molecular weight excluding hydrogens is 262 g/mol. The molecule has 5 nitrogen and oxygen atoms in total. The van der Waals surface area contributed by atoms with E-state index < -0.39 is 5.97 Å². The molecule has 6 heteroatoms. The third kappa shape index (κ3) is 4.90. The van der Waals surface area contributed by atoms with Crippen LogP contribution < -0.4 is 4.90 Å². The number of thioether (sulfide) groups is 1. The summed E-state index contributed by atoms with van der Waals surface area (Å²) in [6, 6.07) is 0.399. The lowest BCUT2D eigenvalue weighted by atomic mass is 10.2. The fourth-order valence-corrected chi connectivity index (χ4v) is 2.47. The quantitative estimate of drug-likeness (QED) is 0.773. The van der Waals surface area contributed by atoms with Gasteiger partial charge in [0.15, 0.2) is 0 Å². The largest absolute Gasteiger partial charge is 0.478 e. The Hall–Kier alpha value is -1.56. The summed E-state index contributed by atoms with van der Waals surface area (Å²) in [6.07, 6.45) is 8.92. The lowest BCUT2D eigenvalue weighted by Gasteiger charge is -2.26. The number of carbonyl (C=O) groups is 1. The number of carboxylic acids is 1. The van der Waals surface area contributed by atoms with Crippen LogP contribution in [0.3, 0.4) is 0 Å². The molecule has 0 saturated carbocycles. The van der Waals surface area contributed by atoms with Crippen LogP contribution in [0.15, 0.2) is 18.5 Å². The van der Waals surface area contributed by atoms with E-state index in [0.717, 1.165) is 18.2 Å². The van der Waals surface area contributed by atoms with E-state index in [4.69, 9.17) is 5.11 Å². The van der Waals surface area contributed by atoms with Gasteiger partial charge in [0.2, 0.25) is 5.95 Å². The SMILES string of the molecule is CCC(CSC)N(C)c1ncc(/C=C/C(=O)O)cn1. The van der Waals surface area contributed by atoms with Gasteiger partial charge in [0.1, 0.15) is 0 Å². The maximum Gasteiger partial charge on any atom is 0.328 e. The highest BCUT2D eigenvalue weighted by molar-refractivity contribution is 7.98. The van der Waals surface area contributed by atoms with E-state index in [1.165, 1.54) is 6.08 Å². The molecule has 1 aromatic rings. The topological polar surface area (TPSA) is 66.3 Å². The Morgan fingerprint density at radius 3 is 2.63 bits per heavy atom. The average molecular weight is 281 g/mol. The summed E-state index contributed by atoms with van der Waals surface area (Å²) >= 11 is 1.80. The lowest BCUT2D eigenvalue weighted by molar-refractivity contribution is -0.131. The number of hydrogen-bond acceptors (Lipinski definition) is 5. The monoisotopic (exact) mass is 281 g/mol. The Balaban J connectivity index is 2.77. The van der Waals surface area contributed by atoms with E-state index in [9.17, 15) is 4.79 Å².